The molecule has 428 valence electrons. The maximum atomic E-state index is 13.5. The Morgan fingerprint density at radius 2 is 0.877 bits per heavy atom. The van der Waals surface area contributed by atoms with E-state index in [-0.39, 0.29) is 31.5 Å². The van der Waals surface area contributed by atoms with Gasteiger partial charge in [0.2, 0.25) is 5.91 Å². The number of amides is 1. The summed E-state index contributed by atoms with van der Waals surface area (Å²) < 4.78 is 30.7. The van der Waals surface area contributed by atoms with Gasteiger partial charge in [-0.1, -0.05) is 275 Å². The van der Waals surface area contributed by atoms with E-state index in [1.54, 1.807) is 0 Å². The van der Waals surface area contributed by atoms with Crippen LogP contribution in [0, 0.1) is 0 Å². The van der Waals surface area contributed by atoms with E-state index in [1.807, 2.05) is 33.3 Å². The van der Waals surface area contributed by atoms with Gasteiger partial charge in [0, 0.05) is 12.8 Å². The molecular formula is C63H120N2O7P+. The van der Waals surface area contributed by atoms with Crippen molar-refractivity contribution in [2.24, 2.45) is 0 Å². The summed E-state index contributed by atoms with van der Waals surface area (Å²) >= 11 is 0. The third kappa shape index (κ3) is 54.6. The number of nitrogens with zero attached hydrogens (tertiary/aromatic N) is 1. The molecule has 0 saturated carbocycles. The summed E-state index contributed by atoms with van der Waals surface area (Å²) in [6, 6.07) is -0.850. The molecule has 0 aliphatic heterocycles. The van der Waals surface area contributed by atoms with E-state index in [0.29, 0.717) is 17.4 Å². The van der Waals surface area contributed by atoms with Gasteiger partial charge >= 0.3 is 13.8 Å². The van der Waals surface area contributed by atoms with Gasteiger partial charge in [0.15, 0.2) is 0 Å². The monoisotopic (exact) mass is 1050 g/mol. The van der Waals surface area contributed by atoms with Gasteiger partial charge in [-0.05, 0) is 51.0 Å². The zero-order valence-electron chi connectivity index (χ0n) is 48.9. The van der Waals surface area contributed by atoms with E-state index in [2.05, 4.69) is 62.5 Å². The van der Waals surface area contributed by atoms with Gasteiger partial charge in [-0.15, -0.1) is 0 Å². The molecule has 0 saturated heterocycles. The Hall–Kier alpha value is -2.03. The third-order valence-corrected chi connectivity index (χ3v) is 14.8. The van der Waals surface area contributed by atoms with Crippen molar-refractivity contribution in [1.82, 2.24) is 5.32 Å². The first kappa shape index (κ1) is 71.0. The highest BCUT2D eigenvalue weighted by Gasteiger charge is 2.30. The average Bonchev–Trinajstić information content (AvgIpc) is 3.35. The minimum Gasteiger partial charge on any atom is -0.456 e. The predicted molar refractivity (Wildman–Crippen MR) is 314 cm³/mol. The minimum atomic E-state index is -4.45. The smallest absolute Gasteiger partial charge is 0.456 e. The van der Waals surface area contributed by atoms with Crippen LogP contribution in [0.15, 0.2) is 48.6 Å². The summed E-state index contributed by atoms with van der Waals surface area (Å²) in [5.74, 6) is -0.509. The second kappa shape index (κ2) is 53.4. The molecule has 0 rings (SSSR count). The first-order chi connectivity index (χ1) is 35.4. The second-order valence-corrected chi connectivity index (χ2v) is 23.7. The minimum absolute atomic E-state index is 0.0391. The van der Waals surface area contributed by atoms with E-state index < -0.39 is 20.0 Å². The van der Waals surface area contributed by atoms with Crippen molar-refractivity contribution in [1.29, 1.82) is 0 Å². The number of likely N-dealkylation sites (N-methyl/N-ethyl adjacent to an activating group) is 1. The summed E-state index contributed by atoms with van der Waals surface area (Å²) in [7, 11) is 1.50. The van der Waals surface area contributed by atoms with Gasteiger partial charge in [0.1, 0.15) is 19.3 Å². The number of ether oxygens (including phenoxy) is 1. The number of unbranched alkanes of at least 4 members (excludes halogenated alkanes) is 36. The second-order valence-electron chi connectivity index (χ2n) is 22.3. The van der Waals surface area contributed by atoms with Gasteiger partial charge in [-0.2, -0.15) is 0 Å². The molecule has 0 aliphatic carbocycles. The third-order valence-electron chi connectivity index (χ3n) is 13.8. The molecule has 3 unspecified atom stereocenters. The van der Waals surface area contributed by atoms with Crippen molar-refractivity contribution in [2.45, 2.75) is 303 Å². The van der Waals surface area contributed by atoms with Crippen LogP contribution in [0.1, 0.15) is 290 Å². The number of nitrogens with one attached hydrogen (secondary N) is 1. The molecule has 0 aromatic rings. The summed E-state index contributed by atoms with van der Waals surface area (Å²) in [4.78, 5) is 37.7. The number of rotatable bonds is 56. The fourth-order valence-electron chi connectivity index (χ4n) is 9.06. The summed E-state index contributed by atoms with van der Waals surface area (Å²) in [5.41, 5.74) is 0. The van der Waals surface area contributed by atoms with Crippen molar-refractivity contribution >= 4 is 19.7 Å². The van der Waals surface area contributed by atoms with Crippen LogP contribution < -0.4 is 5.32 Å². The van der Waals surface area contributed by atoms with Crippen LogP contribution in [0.4, 0.5) is 0 Å². The molecule has 9 nitrogen and oxygen atoms in total. The number of carbonyl (C=O) groups is 2. The zero-order valence-corrected chi connectivity index (χ0v) is 49.8. The van der Waals surface area contributed by atoms with E-state index >= 15 is 0 Å². The van der Waals surface area contributed by atoms with Gasteiger partial charge in [0.05, 0.1) is 33.8 Å². The number of hydrogen-bond acceptors (Lipinski definition) is 6. The summed E-state index contributed by atoms with van der Waals surface area (Å²) in [5, 5.41) is 3.06. The van der Waals surface area contributed by atoms with Gasteiger partial charge < -0.3 is 19.4 Å². The highest BCUT2D eigenvalue weighted by molar-refractivity contribution is 7.47. The molecular weight excluding hydrogens is 928 g/mol. The molecule has 1 amide bonds. The molecule has 0 bridgehead atoms. The molecule has 2 N–H and O–H groups in total. The van der Waals surface area contributed by atoms with Crippen LogP contribution in [0.3, 0.4) is 0 Å². The predicted octanol–water partition coefficient (Wildman–Crippen LogP) is 18.9. The molecule has 0 fully saturated rings. The van der Waals surface area contributed by atoms with Crippen LogP contribution in [0.2, 0.25) is 0 Å². The van der Waals surface area contributed by atoms with Crippen LogP contribution in [-0.2, 0) is 27.9 Å². The quantitative estimate of drug-likeness (QED) is 0.0156. The number of phosphoric ester groups is 1. The maximum Gasteiger partial charge on any atom is 0.472 e. The lowest BCUT2D eigenvalue weighted by Crippen LogP contribution is -2.47. The molecule has 0 heterocycles. The van der Waals surface area contributed by atoms with Crippen molar-refractivity contribution in [3.05, 3.63) is 48.6 Å². The molecule has 10 heteroatoms. The average molecular weight is 1050 g/mol. The Balaban J connectivity index is 5.16. The molecule has 3 atom stereocenters. The van der Waals surface area contributed by atoms with Crippen molar-refractivity contribution in [3.63, 3.8) is 0 Å². The Bertz CT molecular complexity index is 1390. The van der Waals surface area contributed by atoms with Gasteiger partial charge in [-0.3, -0.25) is 18.6 Å². The lowest BCUT2D eigenvalue weighted by molar-refractivity contribution is -0.870. The zero-order chi connectivity index (χ0) is 53.6. The largest absolute Gasteiger partial charge is 0.472 e. The SMILES string of the molecule is CC/C=C/C=C/C=C/CCCCCCCCCC(=O)OC(/C=C/CCCCCCCCCCC)C(COP(=O)(O)OCC[N+](C)(C)C)NC(=O)CCCCCCCCCCCCCCCCCCCCCCC. The number of carbonyl (C=O) groups excluding carboxylic acids is 2. The Morgan fingerprint density at radius 3 is 1.30 bits per heavy atom. The number of quaternary nitrogens is 1. The fourth-order valence-corrected chi connectivity index (χ4v) is 9.80. The van der Waals surface area contributed by atoms with E-state index in [1.165, 1.54) is 180 Å². The van der Waals surface area contributed by atoms with Crippen LogP contribution in [0.25, 0.3) is 0 Å². The van der Waals surface area contributed by atoms with E-state index in [9.17, 15) is 19.0 Å². The van der Waals surface area contributed by atoms with Crippen molar-refractivity contribution in [2.75, 3.05) is 40.9 Å². The maximum absolute atomic E-state index is 13.5. The molecule has 0 aromatic heterocycles. The number of allylic oxidation sites excluding steroid dienone is 7. The lowest BCUT2D eigenvalue weighted by atomic mass is 10.0. The van der Waals surface area contributed by atoms with E-state index in [0.717, 1.165) is 77.0 Å². The van der Waals surface area contributed by atoms with Gasteiger partial charge in [0.25, 0.3) is 0 Å². The standard InChI is InChI=1S/C63H119N2O7P/c1-7-10-13-16-19-22-25-27-29-30-31-32-33-34-36-37-40-43-46-49-52-55-62(66)64-60(59-71-73(68,69)70-58-57-65(4,5)6)61(54-51-48-45-42-39-24-21-18-15-12-9-3)72-63(67)56-53-50-47-44-41-38-35-28-26-23-20-17-14-11-8-2/h11,14,17,20,23,26,51,54,60-61H,7-10,12-13,15-16,18-19,21-22,24-25,27-50,52-53,55-59H2,1-6H3,(H-,64,66,68,69)/p+1/b14-11+,20-17+,26-23+,54-51+. The number of hydrogen-bond donors (Lipinski definition) is 2. The molecule has 0 radical (unpaired) electrons. The lowest BCUT2D eigenvalue weighted by Gasteiger charge is -2.27. The van der Waals surface area contributed by atoms with Crippen LogP contribution in [0.5, 0.6) is 0 Å². The molecule has 0 spiro atoms. The Kier molecular flexibility index (Phi) is 51.9. The Labute approximate surface area is 452 Å². The number of esters is 1. The van der Waals surface area contributed by atoms with Gasteiger partial charge in [-0.25, -0.2) is 4.57 Å². The number of phosphoric acid groups is 1. The fraction of sp³-hybridized carbons (Fsp3) is 0.841. The van der Waals surface area contributed by atoms with Crippen molar-refractivity contribution < 1.29 is 37.3 Å². The summed E-state index contributed by atoms with van der Waals surface area (Å²) in [6.45, 7) is 6.90. The molecule has 73 heavy (non-hydrogen) atoms. The Morgan fingerprint density at radius 1 is 0.493 bits per heavy atom. The van der Waals surface area contributed by atoms with E-state index in [4.69, 9.17) is 13.8 Å². The van der Waals surface area contributed by atoms with Crippen molar-refractivity contribution in [3.8, 4) is 0 Å². The topological polar surface area (TPSA) is 111 Å². The normalized spacial score (nSPS) is 14.0. The highest BCUT2D eigenvalue weighted by Crippen LogP contribution is 2.43. The van der Waals surface area contributed by atoms with Crippen LogP contribution in [-0.4, -0.2) is 74.3 Å². The highest BCUT2D eigenvalue weighted by atomic mass is 31.2. The molecule has 0 aromatic carbocycles. The summed E-state index contributed by atoms with van der Waals surface area (Å²) in [6.07, 6.45) is 65.4. The molecule has 0 aliphatic rings. The first-order valence-electron chi connectivity index (χ1n) is 31.0. The first-order valence-corrected chi connectivity index (χ1v) is 32.5. The van der Waals surface area contributed by atoms with Crippen LogP contribution >= 0.6 is 7.82 Å².